The third kappa shape index (κ3) is 2.97. The lowest BCUT2D eigenvalue weighted by Crippen LogP contribution is -2.10. The molecule has 1 nitrogen and oxygen atoms in total. The quantitative estimate of drug-likeness (QED) is 0.740. The summed E-state index contributed by atoms with van der Waals surface area (Å²) >= 11 is 11.7. The molecule has 0 saturated carbocycles. The number of Topliss-reactive ketones (excluding diaryl/α,β-unsaturated/α-hetero) is 1. The zero-order chi connectivity index (χ0) is 14.9. The Labute approximate surface area is 122 Å². The fourth-order valence-electron chi connectivity index (χ4n) is 1.75. The normalized spacial score (nSPS) is 10.7. The number of benzene rings is 2. The van der Waals surface area contributed by atoms with Gasteiger partial charge in [-0.15, -0.1) is 0 Å². The maximum absolute atomic E-state index is 13.5. The molecule has 0 fully saturated rings. The monoisotopic (exact) mass is 318 g/mol. The lowest BCUT2D eigenvalue weighted by Gasteiger charge is -2.07. The number of hydrogen-bond donors (Lipinski definition) is 0. The van der Waals surface area contributed by atoms with Crippen molar-refractivity contribution in [1.29, 1.82) is 0 Å². The fourth-order valence-corrected chi connectivity index (χ4v) is 2.14. The van der Waals surface area contributed by atoms with Crippen molar-refractivity contribution < 1.29 is 18.0 Å². The van der Waals surface area contributed by atoms with Gasteiger partial charge in [0.2, 0.25) is 0 Å². The Kier molecular flexibility index (Phi) is 4.35. The summed E-state index contributed by atoms with van der Waals surface area (Å²) in [6, 6.07) is 5.52. The molecule has 0 heterocycles. The van der Waals surface area contributed by atoms with Crippen molar-refractivity contribution in [3.8, 4) is 0 Å². The summed E-state index contributed by atoms with van der Waals surface area (Å²) in [5.41, 5.74) is -0.449. The van der Waals surface area contributed by atoms with E-state index in [0.29, 0.717) is 17.7 Å². The Bertz CT molecular complexity index is 663. The fraction of sp³-hybridized carbons (Fsp3) is 0.0714. The van der Waals surface area contributed by atoms with Crippen LogP contribution in [-0.2, 0) is 6.42 Å². The van der Waals surface area contributed by atoms with Crippen LogP contribution in [0.25, 0.3) is 0 Å². The predicted octanol–water partition coefficient (Wildman–Crippen LogP) is 4.84. The molecule has 0 aromatic heterocycles. The second-order valence-electron chi connectivity index (χ2n) is 4.06. The van der Waals surface area contributed by atoms with E-state index < -0.39 is 28.8 Å². The van der Waals surface area contributed by atoms with E-state index in [1.54, 1.807) is 6.07 Å². The van der Waals surface area contributed by atoms with Gasteiger partial charge in [-0.2, -0.15) is 0 Å². The minimum absolute atomic E-state index is 0.144. The second kappa shape index (κ2) is 5.85. The second-order valence-corrected chi connectivity index (χ2v) is 4.84. The number of rotatable bonds is 3. The highest BCUT2D eigenvalue weighted by Crippen LogP contribution is 2.27. The van der Waals surface area contributed by atoms with Gasteiger partial charge in [0, 0.05) is 18.6 Å². The molecule has 0 radical (unpaired) electrons. The van der Waals surface area contributed by atoms with Gasteiger partial charge in [-0.1, -0.05) is 35.3 Å². The van der Waals surface area contributed by atoms with Crippen molar-refractivity contribution in [2.24, 2.45) is 0 Å². The van der Waals surface area contributed by atoms with Crippen molar-refractivity contribution in [1.82, 2.24) is 0 Å². The molecule has 0 spiro atoms. The van der Waals surface area contributed by atoms with Crippen molar-refractivity contribution in [3.05, 3.63) is 69.0 Å². The van der Waals surface area contributed by atoms with Gasteiger partial charge in [0.25, 0.3) is 0 Å². The van der Waals surface area contributed by atoms with Crippen LogP contribution in [0.2, 0.25) is 10.0 Å². The van der Waals surface area contributed by atoms with E-state index >= 15 is 0 Å². The van der Waals surface area contributed by atoms with Crippen LogP contribution in [0.15, 0.2) is 30.3 Å². The van der Waals surface area contributed by atoms with Crippen molar-refractivity contribution in [3.63, 3.8) is 0 Å². The number of ketones is 1. The summed E-state index contributed by atoms with van der Waals surface area (Å²) in [7, 11) is 0. The Morgan fingerprint density at radius 2 is 1.65 bits per heavy atom. The third-order valence-electron chi connectivity index (χ3n) is 2.67. The smallest absolute Gasteiger partial charge is 0.173 e. The highest BCUT2D eigenvalue weighted by atomic mass is 35.5. The largest absolute Gasteiger partial charge is 0.294 e. The predicted molar refractivity (Wildman–Crippen MR) is 70.8 cm³/mol. The first-order valence-electron chi connectivity index (χ1n) is 5.50. The third-order valence-corrected chi connectivity index (χ3v) is 3.53. The molecule has 2 rings (SSSR count). The van der Waals surface area contributed by atoms with E-state index in [1.165, 1.54) is 12.1 Å². The Morgan fingerprint density at radius 3 is 2.25 bits per heavy atom. The minimum Gasteiger partial charge on any atom is -0.294 e. The van der Waals surface area contributed by atoms with Crippen LogP contribution in [0.3, 0.4) is 0 Å². The molecule has 6 heteroatoms. The number of carbonyl (C=O) groups excluding carboxylic acids is 1. The molecule has 0 aliphatic heterocycles. The molecule has 0 aliphatic rings. The molecule has 0 amide bonds. The van der Waals surface area contributed by atoms with E-state index in [9.17, 15) is 18.0 Å². The van der Waals surface area contributed by atoms with Crippen LogP contribution < -0.4 is 0 Å². The van der Waals surface area contributed by atoms with E-state index in [-0.39, 0.29) is 16.5 Å². The van der Waals surface area contributed by atoms with Gasteiger partial charge in [-0.25, -0.2) is 13.2 Å². The average Bonchev–Trinajstić information content (AvgIpc) is 2.33. The molecule has 0 saturated heterocycles. The standard InChI is InChI=1S/C14H7Cl2F3O/c15-9-3-1-2-7(14(9)16)4-12(20)13-10(18)5-8(17)6-11(13)19/h1-3,5-6H,4H2. The van der Waals surface area contributed by atoms with Gasteiger partial charge >= 0.3 is 0 Å². The van der Waals surface area contributed by atoms with E-state index in [2.05, 4.69) is 0 Å². The lowest BCUT2D eigenvalue weighted by atomic mass is 10.0. The molecular weight excluding hydrogens is 312 g/mol. The molecule has 0 unspecified atom stereocenters. The number of halogens is 5. The molecule has 20 heavy (non-hydrogen) atoms. The first kappa shape index (κ1) is 14.9. The van der Waals surface area contributed by atoms with E-state index in [0.717, 1.165) is 0 Å². The molecule has 0 atom stereocenters. The summed E-state index contributed by atoms with van der Waals surface area (Å²) in [5, 5.41) is 0.377. The Hall–Kier alpha value is -1.52. The molecule has 104 valence electrons. The van der Waals surface area contributed by atoms with Crippen molar-refractivity contribution in [2.75, 3.05) is 0 Å². The van der Waals surface area contributed by atoms with Gasteiger partial charge in [0.15, 0.2) is 5.78 Å². The van der Waals surface area contributed by atoms with Crippen molar-refractivity contribution in [2.45, 2.75) is 6.42 Å². The minimum atomic E-state index is -1.24. The van der Waals surface area contributed by atoms with Crippen LogP contribution in [-0.4, -0.2) is 5.78 Å². The summed E-state index contributed by atoms with van der Waals surface area (Å²) in [6.45, 7) is 0. The first-order valence-corrected chi connectivity index (χ1v) is 6.26. The van der Waals surface area contributed by atoms with Gasteiger partial charge in [0.05, 0.1) is 15.6 Å². The van der Waals surface area contributed by atoms with E-state index in [1.807, 2.05) is 0 Å². The van der Waals surface area contributed by atoms with Crippen LogP contribution in [0.4, 0.5) is 13.2 Å². The molecule has 0 N–H and O–H groups in total. The SMILES string of the molecule is O=C(Cc1cccc(Cl)c1Cl)c1c(F)cc(F)cc1F. The zero-order valence-corrected chi connectivity index (χ0v) is 11.4. The maximum Gasteiger partial charge on any atom is 0.173 e. The van der Waals surface area contributed by atoms with Crippen LogP contribution in [0.1, 0.15) is 15.9 Å². The highest BCUT2D eigenvalue weighted by Gasteiger charge is 2.20. The molecule has 2 aromatic rings. The number of hydrogen-bond acceptors (Lipinski definition) is 1. The Balaban J connectivity index is 2.36. The first-order chi connectivity index (χ1) is 9.40. The van der Waals surface area contributed by atoms with E-state index in [4.69, 9.17) is 23.2 Å². The zero-order valence-electron chi connectivity index (χ0n) is 9.89. The highest BCUT2D eigenvalue weighted by molar-refractivity contribution is 6.42. The van der Waals surface area contributed by atoms with Crippen molar-refractivity contribution >= 4 is 29.0 Å². The summed E-state index contributed by atoms with van der Waals surface area (Å²) in [5.74, 6) is -4.42. The van der Waals surface area contributed by atoms with Gasteiger partial charge in [0.1, 0.15) is 17.5 Å². The summed E-state index contributed by atoms with van der Waals surface area (Å²) < 4.78 is 39.8. The average molecular weight is 319 g/mol. The van der Waals surface area contributed by atoms with Gasteiger partial charge in [-0.05, 0) is 11.6 Å². The van der Waals surface area contributed by atoms with Gasteiger partial charge in [-0.3, -0.25) is 4.79 Å². The maximum atomic E-state index is 13.5. The molecule has 2 aromatic carbocycles. The van der Waals surface area contributed by atoms with Crippen LogP contribution >= 0.6 is 23.2 Å². The summed E-state index contributed by atoms with van der Waals surface area (Å²) in [4.78, 5) is 11.9. The summed E-state index contributed by atoms with van der Waals surface area (Å²) in [6.07, 6.45) is -0.334. The molecular formula is C14H7Cl2F3O. The Morgan fingerprint density at radius 1 is 1.05 bits per heavy atom. The number of carbonyl (C=O) groups is 1. The van der Waals surface area contributed by atoms with Crippen LogP contribution in [0.5, 0.6) is 0 Å². The molecule has 0 aliphatic carbocycles. The van der Waals surface area contributed by atoms with Gasteiger partial charge < -0.3 is 0 Å². The molecule has 0 bridgehead atoms. The van der Waals surface area contributed by atoms with Crippen LogP contribution in [0, 0.1) is 17.5 Å². The lowest BCUT2D eigenvalue weighted by molar-refractivity contribution is 0.0985. The topological polar surface area (TPSA) is 17.1 Å².